The van der Waals surface area contributed by atoms with E-state index in [1.807, 2.05) is 0 Å². The van der Waals surface area contributed by atoms with Crippen molar-refractivity contribution in [2.24, 2.45) is 0 Å². The Kier molecular flexibility index (Phi) is 8.07. The van der Waals surface area contributed by atoms with Gasteiger partial charge < -0.3 is 0 Å². The molecule has 0 fully saturated rings. The molecule has 4 aromatic carbocycles. The van der Waals surface area contributed by atoms with Crippen LogP contribution in [-0.2, 0) is 0 Å². The van der Waals surface area contributed by atoms with E-state index in [0.717, 1.165) is 6.54 Å². The zero-order valence-electron chi connectivity index (χ0n) is 22.4. The van der Waals surface area contributed by atoms with Crippen LogP contribution < -0.4 is 10.6 Å². The van der Waals surface area contributed by atoms with Crippen molar-refractivity contribution in [2.45, 2.75) is 31.1 Å². The first kappa shape index (κ1) is 26.1. The van der Waals surface area contributed by atoms with E-state index >= 15 is 0 Å². The number of hydrogen-bond acceptors (Lipinski definition) is 1. The molecule has 5 rings (SSSR count). The Labute approximate surface area is 225 Å². The number of hydrogen-bond donors (Lipinski definition) is 0. The first-order valence-electron chi connectivity index (χ1n) is 13.8. The van der Waals surface area contributed by atoms with Crippen LogP contribution in [0.15, 0.2) is 133 Å². The van der Waals surface area contributed by atoms with Crippen LogP contribution in [-0.4, -0.2) is 24.3 Å². The fourth-order valence-electron chi connectivity index (χ4n) is 6.63. The van der Waals surface area contributed by atoms with E-state index < -0.39 is 14.8 Å². The van der Waals surface area contributed by atoms with Gasteiger partial charge in [-0.3, -0.25) is 0 Å². The molecule has 0 saturated heterocycles. The SMILES string of the molecule is CCCCN([PH](C)(c1ccccc1)c1ccccc1)[PH]1(C)[C@H](c2ccccc2)C=C[C@H]1c1ccccc1. The minimum absolute atomic E-state index is 0.440. The van der Waals surface area contributed by atoms with Crippen LogP contribution in [0.1, 0.15) is 42.2 Å². The van der Waals surface area contributed by atoms with Crippen LogP contribution in [0, 0.1) is 0 Å². The van der Waals surface area contributed by atoms with E-state index in [2.05, 4.69) is 158 Å². The second-order valence-corrected chi connectivity index (χ2v) is 19.2. The molecule has 0 aromatic heterocycles. The van der Waals surface area contributed by atoms with E-state index in [4.69, 9.17) is 0 Å². The summed E-state index contributed by atoms with van der Waals surface area (Å²) in [7, 11) is -4.51. The number of nitrogens with zero attached hydrogens (tertiary/aromatic N) is 1. The molecule has 192 valence electrons. The summed E-state index contributed by atoms with van der Waals surface area (Å²) in [6.45, 7) is 8.78. The third-order valence-corrected chi connectivity index (χ3v) is 20.6. The van der Waals surface area contributed by atoms with Gasteiger partial charge in [-0.15, -0.1) is 0 Å². The van der Waals surface area contributed by atoms with Crippen molar-refractivity contribution in [1.29, 1.82) is 0 Å². The van der Waals surface area contributed by atoms with Crippen molar-refractivity contribution >= 4 is 25.4 Å². The zero-order chi connectivity index (χ0) is 25.7. The summed E-state index contributed by atoms with van der Waals surface area (Å²) in [5.41, 5.74) is 3.81. The van der Waals surface area contributed by atoms with Gasteiger partial charge in [0.1, 0.15) is 0 Å². The predicted molar refractivity (Wildman–Crippen MR) is 170 cm³/mol. The Bertz CT molecular complexity index is 1200. The molecule has 0 saturated carbocycles. The van der Waals surface area contributed by atoms with Gasteiger partial charge in [0, 0.05) is 0 Å². The second kappa shape index (κ2) is 11.4. The number of rotatable bonds is 9. The molecule has 0 amide bonds. The zero-order valence-corrected chi connectivity index (χ0v) is 24.4. The third-order valence-electron chi connectivity index (χ3n) is 8.60. The molecule has 0 N–H and O–H groups in total. The van der Waals surface area contributed by atoms with Gasteiger partial charge in [0.05, 0.1) is 0 Å². The van der Waals surface area contributed by atoms with Crippen LogP contribution in [0.25, 0.3) is 0 Å². The van der Waals surface area contributed by atoms with Gasteiger partial charge in [0.15, 0.2) is 0 Å². The molecule has 1 aliphatic rings. The molecule has 3 heteroatoms. The molecule has 0 bridgehead atoms. The molecule has 1 nitrogen and oxygen atoms in total. The molecule has 0 spiro atoms. The molecule has 0 radical (unpaired) electrons. The molecular formula is C34H41NP2. The number of unbranched alkanes of at least 4 members (excludes halogenated alkanes) is 1. The van der Waals surface area contributed by atoms with Crippen LogP contribution in [0.4, 0.5) is 0 Å². The summed E-state index contributed by atoms with van der Waals surface area (Å²) in [5, 5.41) is 3.02. The summed E-state index contributed by atoms with van der Waals surface area (Å²) in [4.78, 5) is 0. The van der Waals surface area contributed by atoms with Crippen LogP contribution in [0.2, 0.25) is 0 Å². The van der Waals surface area contributed by atoms with Gasteiger partial charge in [-0.2, -0.15) is 0 Å². The van der Waals surface area contributed by atoms with Crippen molar-refractivity contribution in [3.05, 3.63) is 145 Å². The van der Waals surface area contributed by atoms with Gasteiger partial charge in [0.25, 0.3) is 0 Å². The molecule has 2 atom stereocenters. The Morgan fingerprint density at radius 2 is 1.00 bits per heavy atom. The molecule has 1 heterocycles. The summed E-state index contributed by atoms with van der Waals surface area (Å²) in [6.07, 6.45) is 7.54. The Morgan fingerprint density at radius 1 is 0.622 bits per heavy atom. The Balaban J connectivity index is 1.77. The number of allylic oxidation sites excluding steroid dienone is 2. The molecular weight excluding hydrogens is 484 g/mol. The van der Waals surface area contributed by atoms with E-state index in [1.165, 1.54) is 34.6 Å². The monoisotopic (exact) mass is 525 g/mol. The fourth-order valence-corrected chi connectivity index (χ4v) is 19.8. The average molecular weight is 526 g/mol. The first-order valence-corrected chi connectivity index (χ1v) is 18.8. The molecule has 37 heavy (non-hydrogen) atoms. The van der Waals surface area contributed by atoms with Gasteiger partial charge in [-0.1, -0.05) is 0 Å². The standard InChI is InChI=1S/C34H41NP2/c1-4-5-28-35(36(2,31-22-14-8-15-23-31)32-24-16-9-17-25-32)37(3)33(29-18-10-6-11-19-29)26-27-34(37)30-20-12-7-13-21-30/h6-27,33-34,36-37H,4-5,28H2,1-3H3/t33-,34-/m0/s1. The topological polar surface area (TPSA) is 3.24 Å². The van der Waals surface area contributed by atoms with Gasteiger partial charge >= 0.3 is 225 Å². The normalized spacial score (nSPS) is 20.1. The van der Waals surface area contributed by atoms with Crippen molar-refractivity contribution in [1.82, 2.24) is 4.44 Å². The average Bonchev–Trinajstić information content (AvgIpc) is 3.32. The van der Waals surface area contributed by atoms with Crippen molar-refractivity contribution in [3.63, 3.8) is 0 Å². The Hall–Kier alpha value is -2.56. The van der Waals surface area contributed by atoms with Gasteiger partial charge in [-0.05, 0) is 0 Å². The van der Waals surface area contributed by atoms with E-state index in [1.54, 1.807) is 0 Å². The predicted octanol–water partition coefficient (Wildman–Crippen LogP) is 8.38. The maximum atomic E-state index is 3.13. The van der Waals surface area contributed by atoms with Crippen LogP contribution >= 0.6 is 14.8 Å². The van der Waals surface area contributed by atoms with Crippen LogP contribution in [0.3, 0.4) is 0 Å². The van der Waals surface area contributed by atoms with Crippen molar-refractivity contribution in [3.8, 4) is 0 Å². The summed E-state index contributed by atoms with van der Waals surface area (Å²) in [6, 6.07) is 45.5. The van der Waals surface area contributed by atoms with E-state index in [-0.39, 0.29) is 0 Å². The molecule has 0 aliphatic carbocycles. The quantitative estimate of drug-likeness (QED) is 0.157. The fraction of sp³-hybridized carbons (Fsp3) is 0.235. The second-order valence-electron chi connectivity index (χ2n) is 10.7. The van der Waals surface area contributed by atoms with Crippen LogP contribution in [0.5, 0.6) is 0 Å². The molecule has 4 aromatic rings. The summed E-state index contributed by atoms with van der Waals surface area (Å²) < 4.78 is 3.13. The van der Waals surface area contributed by atoms with Gasteiger partial charge in [-0.25, -0.2) is 0 Å². The van der Waals surface area contributed by atoms with E-state index in [9.17, 15) is 0 Å². The Morgan fingerprint density at radius 3 is 1.38 bits per heavy atom. The maximum absolute atomic E-state index is 3.13. The number of benzene rings is 4. The summed E-state index contributed by atoms with van der Waals surface area (Å²) in [5.74, 6) is 0. The first-order chi connectivity index (χ1) is 18.1. The molecule has 1 aliphatic heterocycles. The van der Waals surface area contributed by atoms with Crippen molar-refractivity contribution in [2.75, 3.05) is 19.9 Å². The van der Waals surface area contributed by atoms with Crippen molar-refractivity contribution < 1.29 is 0 Å². The molecule has 0 unspecified atom stereocenters. The van der Waals surface area contributed by atoms with Gasteiger partial charge in [0.2, 0.25) is 0 Å². The summed E-state index contributed by atoms with van der Waals surface area (Å²) >= 11 is 0. The van der Waals surface area contributed by atoms with E-state index in [0.29, 0.717) is 11.3 Å². The minimum atomic E-state index is -2.30. The third kappa shape index (κ3) is 4.86.